The van der Waals surface area contributed by atoms with Crippen LogP contribution in [0.15, 0.2) is 77.2 Å². The van der Waals surface area contributed by atoms with E-state index in [1.165, 1.54) is 12.1 Å². The first-order valence-corrected chi connectivity index (χ1v) is 9.44. The highest BCUT2D eigenvalue weighted by Gasteiger charge is 2.13. The van der Waals surface area contributed by atoms with Crippen LogP contribution in [0.25, 0.3) is 11.5 Å². The van der Waals surface area contributed by atoms with Gasteiger partial charge < -0.3 is 15.1 Å². The molecule has 6 nitrogen and oxygen atoms in total. The van der Waals surface area contributed by atoms with Gasteiger partial charge in [-0.05, 0) is 60.7 Å². The SMILES string of the molecule is O=C(Nc1ccc(Cl)cc1)c1ccccc1NCc1nnc(-c2ccc(F)cc2)o1. The first kappa shape index (κ1) is 19.6. The molecule has 0 atom stereocenters. The monoisotopic (exact) mass is 422 g/mol. The summed E-state index contributed by atoms with van der Waals surface area (Å²) in [5.41, 5.74) is 2.34. The van der Waals surface area contributed by atoms with Crippen molar-refractivity contribution in [1.82, 2.24) is 10.2 Å². The maximum absolute atomic E-state index is 13.1. The molecule has 0 saturated heterocycles. The van der Waals surface area contributed by atoms with E-state index in [9.17, 15) is 9.18 Å². The summed E-state index contributed by atoms with van der Waals surface area (Å²) in [6, 6.07) is 19.7. The lowest BCUT2D eigenvalue weighted by Crippen LogP contribution is -2.14. The molecule has 0 aliphatic rings. The molecule has 30 heavy (non-hydrogen) atoms. The second-order valence-electron chi connectivity index (χ2n) is 6.37. The van der Waals surface area contributed by atoms with Crippen molar-refractivity contribution in [3.8, 4) is 11.5 Å². The van der Waals surface area contributed by atoms with Crippen LogP contribution in [0.3, 0.4) is 0 Å². The van der Waals surface area contributed by atoms with E-state index in [1.807, 2.05) is 6.07 Å². The number of rotatable bonds is 6. The molecule has 1 amide bonds. The Labute approximate surface area is 176 Å². The fourth-order valence-corrected chi connectivity index (χ4v) is 2.90. The predicted octanol–water partition coefficient (Wildman–Crippen LogP) is 5.39. The second kappa shape index (κ2) is 8.75. The lowest BCUT2D eigenvalue weighted by atomic mass is 10.1. The molecule has 0 aliphatic carbocycles. The third-order valence-corrected chi connectivity index (χ3v) is 4.51. The molecule has 1 aromatic heterocycles. The fraction of sp³-hybridized carbons (Fsp3) is 0.0455. The fourth-order valence-electron chi connectivity index (χ4n) is 2.77. The molecule has 0 saturated carbocycles. The number of halogens is 2. The molecular weight excluding hydrogens is 407 g/mol. The van der Waals surface area contributed by atoms with Gasteiger partial charge in [0.15, 0.2) is 0 Å². The molecule has 0 fully saturated rings. The van der Waals surface area contributed by atoms with Crippen molar-refractivity contribution in [2.75, 3.05) is 10.6 Å². The van der Waals surface area contributed by atoms with Crippen LogP contribution < -0.4 is 10.6 Å². The topological polar surface area (TPSA) is 80.0 Å². The van der Waals surface area contributed by atoms with Crippen molar-refractivity contribution in [3.05, 3.63) is 95.1 Å². The Morgan fingerprint density at radius 2 is 1.70 bits per heavy atom. The number of amides is 1. The Morgan fingerprint density at radius 1 is 0.967 bits per heavy atom. The summed E-state index contributed by atoms with van der Waals surface area (Å²) < 4.78 is 18.7. The largest absolute Gasteiger partial charge is 0.419 e. The van der Waals surface area contributed by atoms with Crippen LogP contribution >= 0.6 is 11.6 Å². The molecule has 1 heterocycles. The number of nitrogens with one attached hydrogen (secondary N) is 2. The lowest BCUT2D eigenvalue weighted by molar-refractivity contribution is 0.102. The van der Waals surface area contributed by atoms with Gasteiger partial charge in [-0.1, -0.05) is 23.7 Å². The van der Waals surface area contributed by atoms with E-state index >= 15 is 0 Å². The Morgan fingerprint density at radius 3 is 2.47 bits per heavy atom. The molecule has 4 rings (SSSR count). The molecule has 2 N–H and O–H groups in total. The standard InChI is InChI=1S/C22H16ClFN4O2/c23-15-7-11-17(12-8-15)26-21(29)18-3-1-2-4-19(18)25-13-20-27-28-22(30-20)14-5-9-16(24)10-6-14/h1-12,25H,13H2,(H,26,29). The maximum atomic E-state index is 13.1. The predicted molar refractivity (Wildman–Crippen MR) is 113 cm³/mol. The van der Waals surface area contributed by atoms with Crippen LogP contribution in [0.4, 0.5) is 15.8 Å². The highest BCUT2D eigenvalue weighted by Crippen LogP contribution is 2.21. The molecule has 0 spiro atoms. The van der Waals surface area contributed by atoms with Gasteiger partial charge in [0.2, 0.25) is 11.8 Å². The molecule has 0 radical (unpaired) electrons. The highest BCUT2D eigenvalue weighted by atomic mass is 35.5. The normalized spacial score (nSPS) is 10.6. The molecule has 0 bridgehead atoms. The van der Waals surface area contributed by atoms with E-state index in [-0.39, 0.29) is 18.3 Å². The smallest absolute Gasteiger partial charge is 0.257 e. The van der Waals surface area contributed by atoms with Crippen molar-refractivity contribution < 1.29 is 13.6 Å². The number of para-hydroxylation sites is 1. The number of anilines is 2. The molecule has 0 unspecified atom stereocenters. The van der Waals surface area contributed by atoms with Gasteiger partial charge in [-0.3, -0.25) is 4.79 Å². The maximum Gasteiger partial charge on any atom is 0.257 e. The van der Waals surface area contributed by atoms with Crippen LogP contribution in [0, 0.1) is 5.82 Å². The van der Waals surface area contributed by atoms with Crippen LogP contribution in [-0.4, -0.2) is 16.1 Å². The van der Waals surface area contributed by atoms with Crippen LogP contribution in [-0.2, 0) is 6.54 Å². The molecular formula is C22H16ClFN4O2. The average molecular weight is 423 g/mol. The number of nitrogens with zero attached hydrogens (tertiary/aromatic N) is 2. The number of carbonyl (C=O) groups excluding carboxylic acids is 1. The number of benzene rings is 3. The summed E-state index contributed by atoms with van der Waals surface area (Å²) in [5, 5.41) is 14.5. The zero-order chi connectivity index (χ0) is 20.9. The van der Waals surface area contributed by atoms with Gasteiger partial charge in [-0.2, -0.15) is 0 Å². The minimum atomic E-state index is -0.339. The van der Waals surface area contributed by atoms with Gasteiger partial charge in [0, 0.05) is 22.0 Å². The highest BCUT2D eigenvalue weighted by molar-refractivity contribution is 6.30. The summed E-state index contributed by atoms with van der Waals surface area (Å²) in [6.45, 7) is 0.222. The van der Waals surface area contributed by atoms with E-state index in [1.54, 1.807) is 54.6 Å². The Hall–Kier alpha value is -3.71. The first-order valence-electron chi connectivity index (χ1n) is 9.06. The second-order valence-corrected chi connectivity index (χ2v) is 6.80. The van der Waals surface area contributed by atoms with E-state index < -0.39 is 0 Å². The summed E-state index contributed by atoms with van der Waals surface area (Å²) in [5.74, 6) is 0.0226. The van der Waals surface area contributed by atoms with Crippen LogP contribution in [0.5, 0.6) is 0 Å². The number of carbonyl (C=O) groups is 1. The van der Waals surface area contributed by atoms with E-state index in [0.717, 1.165) is 0 Å². The quantitative estimate of drug-likeness (QED) is 0.435. The summed E-state index contributed by atoms with van der Waals surface area (Å²) in [4.78, 5) is 12.7. The zero-order valence-electron chi connectivity index (χ0n) is 15.6. The van der Waals surface area contributed by atoms with E-state index in [2.05, 4.69) is 20.8 Å². The van der Waals surface area contributed by atoms with Crippen molar-refractivity contribution in [3.63, 3.8) is 0 Å². The number of hydrogen-bond donors (Lipinski definition) is 2. The molecule has 8 heteroatoms. The third kappa shape index (κ3) is 4.64. The molecule has 4 aromatic rings. The van der Waals surface area contributed by atoms with Gasteiger partial charge in [-0.15, -0.1) is 10.2 Å². The molecule has 150 valence electrons. The van der Waals surface area contributed by atoms with Crippen molar-refractivity contribution in [1.29, 1.82) is 0 Å². The van der Waals surface area contributed by atoms with Gasteiger partial charge in [0.05, 0.1) is 12.1 Å². The van der Waals surface area contributed by atoms with Crippen molar-refractivity contribution in [2.24, 2.45) is 0 Å². The summed E-state index contributed by atoms with van der Waals surface area (Å²) in [6.07, 6.45) is 0. The minimum absolute atomic E-state index is 0.222. The average Bonchev–Trinajstić information content (AvgIpc) is 3.23. The van der Waals surface area contributed by atoms with Crippen molar-refractivity contribution in [2.45, 2.75) is 6.54 Å². The number of aromatic nitrogens is 2. The Balaban J connectivity index is 1.45. The van der Waals surface area contributed by atoms with Crippen molar-refractivity contribution >= 4 is 28.9 Å². The third-order valence-electron chi connectivity index (χ3n) is 4.26. The summed E-state index contributed by atoms with van der Waals surface area (Å²) >= 11 is 5.88. The Bertz CT molecular complexity index is 1160. The molecule has 0 aliphatic heterocycles. The number of hydrogen-bond acceptors (Lipinski definition) is 5. The van der Waals surface area contributed by atoms with Gasteiger partial charge in [0.25, 0.3) is 5.91 Å². The lowest BCUT2D eigenvalue weighted by Gasteiger charge is -2.11. The van der Waals surface area contributed by atoms with E-state index in [4.69, 9.17) is 16.0 Å². The van der Waals surface area contributed by atoms with E-state index in [0.29, 0.717) is 39.3 Å². The zero-order valence-corrected chi connectivity index (χ0v) is 16.4. The summed E-state index contributed by atoms with van der Waals surface area (Å²) in [7, 11) is 0. The van der Waals surface area contributed by atoms with Gasteiger partial charge in [-0.25, -0.2) is 4.39 Å². The van der Waals surface area contributed by atoms with Gasteiger partial charge >= 0.3 is 0 Å². The van der Waals surface area contributed by atoms with Gasteiger partial charge in [0.1, 0.15) is 5.82 Å². The first-order chi connectivity index (χ1) is 14.6. The molecule has 3 aromatic carbocycles. The van der Waals surface area contributed by atoms with Crippen LogP contribution in [0.2, 0.25) is 5.02 Å². The Kier molecular flexibility index (Phi) is 5.72. The van der Waals surface area contributed by atoms with Crippen LogP contribution in [0.1, 0.15) is 16.2 Å². The minimum Gasteiger partial charge on any atom is -0.419 e.